The smallest absolute Gasteiger partial charge is 0.163 e. The highest BCUT2D eigenvalue weighted by molar-refractivity contribution is 6.18. The maximum absolute atomic E-state index is 11.5. The van der Waals surface area contributed by atoms with Crippen LogP contribution in [-0.2, 0) is 6.42 Å². The third-order valence-corrected chi connectivity index (χ3v) is 3.02. The number of aromatic hydroxyl groups is 1. The van der Waals surface area contributed by atoms with E-state index in [1.807, 2.05) is 26.0 Å². The molecule has 3 heteroatoms. The summed E-state index contributed by atoms with van der Waals surface area (Å²) < 4.78 is 0. The van der Waals surface area contributed by atoms with Crippen LogP contribution < -0.4 is 0 Å². The molecule has 1 N–H and O–H groups in total. The number of halogens is 1. The van der Waals surface area contributed by atoms with E-state index < -0.39 is 0 Å². The van der Waals surface area contributed by atoms with Crippen LogP contribution in [0.15, 0.2) is 18.2 Å². The van der Waals surface area contributed by atoms with E-state index in [2.05, 4.69) is 0 Å². The second kappa shape index (κ2) is 5.87. The monoisotopic (exact) mass is 252 g/mol. The SMILES string of the molecule is CC(=O)c1c(O)cc(C)c(C/C=C/CCl)c1C. The van der Waals surface area contributed by atoms with Crippen LogP contribution in [0.2, 0.25) is 0 Å². The van der Waals surface area contributed by atoms with Crippen LogP contribution in [0.4, 0.5) is 0 Å². The van der Waals surface area contributed by atoms with E-state index in [0.29, 0.717) is 11.4 Å². The van der Waals surface area contributed by atoms with Crippen molar-refractivity contribution < 1.29 is 9.90 Å². The van der Waals surface area contributed by atoms with Crippen LogP contribution in [0.1, 0.15) is 34.0 Å². The van der Waals surface area contributed by atoms with Gasteiger partial charge in [0.05, 0.1) is 5.56 Å². The van der Waals surface area contributed by atoms with Gasteiger partial charge in [-0.05, 0) is 49.9 Å². The van der Waals surface area contributed by atoms with Gasteiger partial charge in [0.25, 0.3) is 0 Å². The van der Waals surface area contributed by atoms with Crippen molar-refractivity contribution in [2.24, 2.45) is 0 Å². The topological polar surface area (TPSA) is 37.3 Å². The molecule has 17 heavy (non-hydrogen) atoms. The maximum Gasteiger partial charge on any atom is 0.163 e. The van der Waals surface area contributed by atoms with Gasteiger partial charge in [-0.2, -0.15) is 0 Å². The zero-order valence-electron chi connectivity index (χ0n) is 10.4. The van der Waals surface area contributed by atoms with Crippen LogP contribution in [0.3, 0.4) is 0 Å². The molecule has 2 nitrogen and oxygen atoms in total. The highest BCUT2D eigenvalue weighted by Crippen LogP contribution is 2.28. The summed E-state index contributed by atoms with van der Waals surface area (Å²) in [6.07, 6.45) is 4.58. The van der Waals surface area contributed by atoms with Gasteiger partial charge in [0.2, 0.25) is 0 Å². The minimum Gasteiger partial charge on any atom is -0.507 e. The van der Waals surface area contributed by atoms with Gasteiger partial charge in [0.1, 0.15) is 5.75 Å². The Morgan fingerprint density at radius 1 is 1.41 bits per heavy atom. The van der Waals surface area contributed by atoms with Gasteiger partial charge >= 0.3 is 0 Å². The Morgan fingerprint density at radius 2 is 2.06 bits per heavy atom. The third-order valence-electron chi connectivity index (χ3n) is 2.84. The molecule has 0 spiro atoms. The first-order chi connectivity index (χ1) is 7.99. The summed E-state index contributed by atoms with van der Waals surface area (Å²) >= 11 is 5.57. The number of ketones is 1. The Balaban J connectivity index is 3.25. The van der Waals surface area contributed by atoms with Gasteiger partial charge in [-0.3, -0.25) is 4.79 Å². The van der Waals surface area contributed by atoms with Gasteiger partial charge < -0.3 is 5.11 Å². The van der Waals surface area contributed by atoms with E-state index in [4.69, 9.17) is 11.6 Å². The lowest BCUT2D eigenvalue weighted by atomic mass is 9.93. The Bertz CT molecular complexity index is 462. The fraction of sp³-hybridized carbons (Fsp3) is 0.357. The van der Waals surface area contributed by atoms with Crippen LogP contribution in [0.25, 0.3) is 0 Å². The Hall–Kier alpha value is -1.28. The minimum absolute atomic E-state index is 0.0672. The highest BCUT2D eigenvalue weighted by atomic mass is 35.5. The normalized spacial score (nSPS) is 11.1. The quantitative estimate of drug-likeness (QED) is 0.506. The third kappa shape index (κ3) is 3.10. The van der Waals surface area contributed by atoms with E-state index in [9.17, 15) is 9.90 Å². The summed E-state index contributed by atoms with van der Waals surface area (Å²) in [4.78, 5) is 11.5. The second-order valence-corrected chi connectivity index (χ2v) is 4.39. The molecule has 1 rings (SSSR count). The molecule has 0 unspecified atom stereocenters. The molecule has 0 aromatic heterocycles. The van der Waals surface area contributed by atoms with E-state index in [-0.39, 0.29) is 11.5 Å². The average molecular weight is 253 g/mol. The molecule has 0 aliphatic carbocycles. The number of hydrogen-bond donors (Lipinski definition) is 1. The van der Waals surface area contributed by atoms with Crippen molar-refractivity contribution in [3.05, 3.63) is 40.5 Å². The van der Waals surface area contributed by atoms with Crippen LogP contribution in [-0.4, -0.2) is 16.8 Å². The zero-order chi connectivity index (χ0) is 13.0. The van der Waals surface area contributed by atoms with Crippen molar-refractivity contribution in [1.29, 1.82) is 0 Å². The molecule has 0 saturated heterocycles. The van der Waals surface area contributed by atoms with Crippen LogP contribution in [0.5, 0.6) is 5.75 Å². The summed E-state index contributed by atoms with van der Waals surface area (Å²) in [6.45, 7) is 5.27. The van der Waals surface area contributed by atoms with Gasteiger partial charge in [-0.15, -0.1) is 11.6 Å². The predicted octanol–water partition coefficient (Wildman–Crippen LogP) is 3.55. The molecular formula is C14H17ClO2. The lowest BCUT2D eigenvalue weighted by Gasteiger charge is -2.13. The molecule has 1 aromatic rings. The lowest BCUT2D eigenvalue weighted by Crippen LogP contribution is -2.03. The summed E-state index contributed by atoms with van der Waals surface area (Å²) in [5.74, 6) is 0.440. The number of carbonyl (C=O) groups excluding carboxylic acids is 1. The summed E-state index contributed by atoms with van der Waals surface area (Å²) in [5.41, 5.74) is 3.35. The second-order valence-electron chi connectivity index (χ2n) is 4.08. The van der Waals surface area contributed by atoms with E-state index in [1.165, 1.54) is 6.92 Å². The summed E-state index contributed by atoms with van der Waals surface area (Å²) in [6, 6.07) is 1.65. The number of carbonyl (C=O) groups is 1. The van der Waals surface area contributed by atoms with Crippen molar-refractivity contribution in [3.63, 3.8) is 0 Å². The molecule has 0 atom stereocenters. The standard InChI is InChI=1S/C14H17ClO2/c1-9-8-13(17)14(11(3)16)10(2)12(9)6-4-5-7-15/h4-5,8,17H,6-7H2,1-3H3/b5-4+. The van der Waals surface area contributed by atoms with Crippen molar-refractivity contribution in [2.75, 3.05) is 5.88 Å². The minimum atomic E-state index is -0.109. The molecular weight excluding hydrogens is 236 g/mol. The van der Waals surface area contributed by atoms with E-state index >= 15 is 0 Å². The van der Waals surface area contributed by atoms with Crippen LogP contribution in [0, 0.1) is 13.8 Å². The molecule has 0 aliphatic rings. The Morgan fingerprint density at radius 3 is 2.59 bits per heavy atom. The van der Waals surface area contributed by atoms with Crippen molar-refractivity contribution in [3.8, 4) is 5.75 Å². The largest absolute Gasteiger partial charge is 0.507 e. The van der Waals surface area contributed by atoms with Crippen molar-refractivity contribution in [1.82, 2.24) is 0 Å². The molecule has 0 aliphatic heterocycles. The number of alkyl halides is 1. The predicted molar refractivity (Wildman–Crippen MR) is 71.1 cm³/mol. The van der Waals surface area contributed by atoms with Crippen molar-refractivity contribution >= 4 is 17.4 Å². The van der Waals surface area contributed by atoms with Gasteiger partial charge in [0, 0.05) is 5.88 Å². The highest BCUT2D eigenvalue weighted by Gasteiger charge is 2.15. The molecule has 92 valence electrons. The van der Waals surface area contributed by atoms with Gasteiger partial charge in [-0.25, -0.2) is 0 Å². The summed E-state index contributed by atoms with van der Waals surface area (Å²) in [5, 5.41) is 9.78. The number of aryl methyl sites for hydroxylation is 1. The maximum atomic E-state index is 11.5. The number of phenols is 1. The molecule has 0 bridgehead atoms. The number of benzene rings is 1. The number of rotatable bonds is 4. The number of phenolic OH excluding ortho intramolecular Hbond substituents is 1. The zero-order valence-corrected chi connectivity index (χ0v) is 11.1. The average Bonchev–Trinajstić information content (AvgIpc) is 2.21. The molecule has 1 aromatic carbocycles. The fourth-order valence-electron chi connectivity index (χ4n) is 2.03. The van der Waals surface area contributed by atoms with Crippen molar-refractivity contribution in [2.45, 2.75) is 27.2 Å². The molecule has 0 fully saturated rings. The van der Waals surface area contributed by atoms with Gasteiger partial charge in [0.15, 0.2) is 5.78 Å². The summed E-state index contributed by atoms with van der Waals surface area (Å²) in [7, 11) is 0. The number of allylic oxidation sites excluding steroid dienone is 2. The fourth-order valence-corrected chi connectivity index (χ4v) is 2.15. The first kappa shape index (κ1) is 13.8. The molecule has 0 heterocycles. The molecule has 0 amide bonds. The van der Waals surface area contributed by atoms with Crippen LogP contribution >= 0.6 is 11.6 Å². The van der Waals surface area contributed by atoms with E-state index in [1.54, 1.807) is 6.07 Å². The first-order valence-electron chi connectivity index (χ1n) is 5.53. The molecule has 0 radical (unpaired) electrons. The van der Waals surface area contributed by atoms with E-state index in [0.717, 1.165) is 23.1 Å². The molecule has 0 saturated carbocycles. The first-order valence-corrected chi connectivity index (χ1v) is 6.06. The lowest BCUT2D eigenvalue weighted by molar-refractivity contribution is 0.101. The number of hydrogen-bond acceptors (Lipinski definition) is 2. The Kier molecular flexibility index (Phi) is 4.76. The Labute approximate surface area is 107 Å². The number of Topliss-reactive ketones (excluding diaryl/α,β-unsaturated/α-hetero) is 1. The van der Waals surface area contributed by atoms with Gasteiger partial charge in [-0.1, -0.05) is 12.2 Å².